The van der Waals surface area contributed by atoms with E-state index in [2.05, 4.69) is 66.5 Å². The first-order valence-electron chi connectivity index (χ1n) is 8.58. The van der Waals surface area contributed by atoms with Crippen molar-refractivity contribution in [1.29, 1.82) is 0 Å². The topological polar surface area (TPSA) is 38.3 Å². The zero-order valence-corrected chi connectivity index (χ0v) is 16.2. The number of carbonyl (C=O) groups is 1. The molecule has 0 aromatic heterocycles. The smallest absolute Gasteiger partial charge is 0.339 e. The highest BCUT2D eigenvalue weighted by Gasteiger charge is 2.09. The minimum Gasteiger partial charge on any atom is -0.465 e. The van der Waals surface area contributed by atoms with Gasteiger partial charge in [-0.2, -0.15) is 0 Å². The minimum atomic E-state index is -0.369. The number of rotatable bonds is 4. The van der Waals surface area contributed by atoms with Gasteiger partial charge in [0, 0.05) is 11.6 Å². The molecule has 0 saturated heterocycles. The van der Waals surface area contributed by atoms with Crippen LogP contribution in [0.25, 0.3) is 10.8 Å². The molecule has 0 aliphatic carbocycles. The monoisotopic (exact) mass is 379 g/mol. The Labute approximate surface area is 166 Å². The fraction of sp³-hybridized carbons (Fsp3) is 0.174. The lowest BCUT2D eigenvalue weighted by Crippen LogP contribution is -2.19. The van der Waals surface area contributed by atoms with Gasteiger partial charge in [-0.15, -0.1) is 12.4 Å². The van der Waals surface area contributed by atoms with Gasteiger partial charge in [-0.1, -0.05) is 66.4 Å². The summed E-state index contributed by atoms with van der Waals surface area (Å²) in [5.41, 5.74) is 2.42. The predicted molar refractivity (Wildman–Crippen MR) is 112 cm³/mol. The zero-order valence-electron chi connectivity index (χ0n) is 15.4. The van der Waals surface area contributed by atoms with Gasteiger partial charge in [0.2, 0.25) is 0 Å². The largest absolute Gasteiger partial charge is 0.465 e. The number of methoxy groups -OCH3 is 1. The molecule has 0 radical (unpaired) electrons. The van der Waals surface area contributed by atoms with Crippen molar-refractivity contribution in [2.75, 3.05) is 13.7 Å². The van der Waals surface area contributed by atoms with Crippen LogP contribution in [-0.4, -0.2) is 19.6 Å². The molecule has 27 heavy (non-hydrogen) atoms. The molecule has 138 valence electrons. The predicted octanol–water partition coefficient (Wildman–Crippen LogP) is 4.75. The Morgan fingerprint density at radius 1 is 1.04 bits per heavy atom. The van der Waals surface area contributed by atoms with Crippen LogP contribution in [0.3, 0.4) is 0 Å². The van der Waals surface area contributed by atoms with Crippen LogP contribution in [0.1, 0.15) is 34.5 Å². The first-order chi connectivity index (χ1) is 12.7. The van der Waals surface area contributed by atoms with E-state index in [0.29, 0.717) is 17.7 Å². The summed E-state index contributed by atoms with van der Waals surface area (Å²) in [7, 11) is 1.37. The summed E-state index contributed by atoms with van der Waals surface area (Å²) >= 11 is 0. The van der Waals surface area contributed by atoms with E-state index in [1.54, 1.807) is 12.1 Å². The summed E-state index contributed by atoms with van der Waals surface area (Å²) < 4.78 is 4.80. The average Bonchev–Trinajstić information content (AvgIpc) is 2.70. The highest BCUT2D eigenvalue weighted by atomic mass is 35.5. The standard InChI is InChI=1S/C23H21NO2.ClH/c1-17(20-15-7-11-18-9-3-5-13-21(18)20)24-16-8-12-19-10-4-6-14-22(19)23(25)26-2;/h3-7,9-11,13-15,17,24H,16H2,1-2H3;1H. The summed E-state index contributed by atoms with van der Waals surface area (Å²) in [6.07, 6.45) is 0. The Kier molecular flexibility index (Phi) is 7.43. The SMILES string of the molecule is COC(=O)c1ccccc1C#CCNC(C)c1cccc2ccccc12.Cl. The van der Waals surface area contributed by atoms with Crippen molar-refractivity contribution in [3.63, 3.8) is 0 Å². The number of benzene rings is 3. The number of hydrogen-bond donors (Lipinski definition) is 1. The normalized spacial score (nSPS) is 11.0. The van der Waals surface area contributed by atoms with Crippen molar-refractivity contribution in [2.24, 2.45) is 0 Å². The molecule has 4 heteroatoms. The van der Waals surface area contributed by atoms with Crippen LogP contribution in [0, 0.1) is 11.8 Å². The Morgan fingerprint density at radius 3 is 2.56 bits per heavy atom. The maximum absolute atomic E-state index is 11.8. The molecule has 0 heterocycles. The van der Waals surface area contributed by atoms with Crippen LogP contribution in [0.2, 0.25) is 0 Å². The maximum Gasteiger partial charge on any atom is 0.339 e. The van der Waals surface area contributed by atoms with Gasteiger partial charge in [-0.3, -0.25) is 5.32 Å². The molecule has 3 rings (SSSR count). The highest BCUT2D eigenvalue weighted by Crippen LogP contribution is 2.23. The third-order valence-electron chi connectivity index (χ3n) is 4.34. The number of carbonyl (C=O) groups excluding carboxylic acids is 1. The molecule has 1 atom stereocenters. The number of hydrogen-bond acceptors (Lipinski definition) is 3. The van der Waals surface area contributed by atoms with Crippen LogP contribution < -0.4 is 5.32 Å². The van der Waals surface area contributed by atoms with Gasteiger partial charge in [-0.05, 0) is 35.4 Å². The molecule has 0 fully saturated rings. The van der Waals surface area contributed by atoms with Crippen molar-refractivity contribution in [2.45, 2.75) is 13.0 Å². The van der Waals surface area contributed by atoms with E-state index in [0.717, 1.165) is 0 Å². The molecule has 0 spiro atoms. The van der Waals surface area contributed by atoms with Gasteiger partial charge in [-0.25, -0.2) is 4.79 Å². The van der Waals surface area contributed by atoms with Crippen molar-refractivity contribution < 1.29 is 9.53 Å². The maximum atomic E-state index is 11.8. The lowest BCUT2D eigenvalue weighted by Gasteiger charge is -2.15. The molecule has 0 aliphatic heterocycles. The summed E-state index contributed by atoms with van der Waals surface area (Å²) in [5.74, 6) is 5.79. The third kappa shape index (κ3) is 4.89. The Morgan fingerprint density at radius 2 is 1.74 bits per heavy atom. The molecule has 3 aromatic rings. The second-order valence-corrected chi connectivity index (χ2v) is 6.01. The van der Waals surface area contributed by atoms with Gasteiger partial charge in [0.25, 0.3) is 0 Å². The minimum absolute atomic E-state index is 0. The number of halogens is 1. The first kappa shape index (κ1) is 20.5. The first-order valence-corrected chi connectivity index (χ1v) is 8.58. The highest BCUT2D eigenvalue weighted by molar-refractivity contribution is 5.92. The number of esters is 1. The van der Waals surface area contributed by atoms with E-state index < -0.39 is 0 Å². The Bertz CT molecular complexity index is 983. The number of nitrogens with one attached hydrogen (secondary N) is 1. The fourth-order valence-corrected chi connectivity index (χ4v) is 2.96. The molecule has 0 aliphatic rings. The van der Waals surface area contributed by atoms with Gasteiger partial charge in [0.1, 0.15) is 0 Å². The van der Waals surface area contributed by atoms with Gasteiger partial charge in [0.05, 0.1) is 19.2 Å². The molecule has 0 amide bonds. The number of fused-ring (bicyclic) bond motifs is 1. The van der Waals surface area contributed by atoms with E-state index in [1.807, 2.05) is 12.1 Å². The average molecular weight is 380 g/mol. The summed E-state index contributed by atoms with van der Waals surface area (Å²) in [6.45, 7) is 2.66. The van der Waals surface area contributed by atoms with Crippen molar-refractivity contribution in [1.82, 2.24) is 5.32 Å². The molecule has 1 unspecified atom stereocenters. The van der Waals surface area contributed by atoms with Crippen LogP contribution in [0.4, 0.5) is 0 Å². The van der Waals surface area contributed by atoms with Gasteiger partial charge >= 0.3 is 5.97 Å². The summed E-state index contributed by atoms with van der Waals surface area (Å²) in [5, 5.41) is 5.92. The Balaban J connectivity index is 0.00000261. The fourth-order valence-electron chi connectivity index (χ4n) is 2.96. The molecular formula is C23H22ClNO2. The molecular weight excluding hydrogens is 358 g/mol. The van der Waals surface area contributed by atoms with Crippen LogP contribution in [-0.2, 0) is 4.74 Å². The molecule has 3 nitrogen and oxygen atoms in total. The van der Waals surface area contributed by atoms with Crippen LogP contribution in [0.5, 0.6) is 0 Å². The third-order valence-corrected chi connectivity index (χ3v) is 4.34. The van der Waals surface area contributed by atoms with E-state index in [9.17, 15) is 4.79 Å². The molecule has 0 bridgehead atoms. The zero-order chi connectivity index (χ0) is 18.4. The van der Waals surface area contributed by atoms with E-state index >= 15 is 0 Å². The molecule has 0 saturated carbocycles. The summed E-state index contributed by atoms with van der Waals surface area (Å²) in [4.78, 5) is 11.8. The van der Waals surface area contributed by atoms with Crippen LogP contribution >= 0.6 is 12.4 Å². The van der Waals surface area contributed by atoms with E-state index in [4.69, 9.17) is 4.74 Å². The van der Waals surface area contributed by atoms with Crippen molar-refractivity contribution in [3.8, 4) is 11.8 Å². The molecule has 1 N–H and O–H groups in total. The lowest BCUT2D eigenvalue weighted by molar-refractivity contribution is 0.0600. The lowest BCUT2D eigenvalue weighted by atomic mass is 10.00. The summed E-state index contributed by atoms with van der Waals surface area (Å²) in [6, 6.07) is 22.1. The van der Waals surface area contributed by atoms with E-state index in [-0.39, 0.29) is 24.4 Å². The van der Waals surface area contributed by atoms with Crippen molar-refractivity contribution in [3.05, 3.63) is 83.4 Å². The Hall–Kier alpha value is -2.80. The quantitative estimate of drug-likeness (QED) is 0.525. The van der Waals surface area contributed by atoms with Gasteiger partial charge in [0.15, 0.2) is 0 Å². The van der Waals surface area contributed by atoms with E-state index in [1.165, 1.54) is 23.4 Å². The molecule has 3 aromatic carbocycles. The van der Waals surface area contributed by atoms with Crippen molar-refractivity contribution >= 4 is 29.1 Å². The van der Waals surface area contributed by atoms with Crippen LogP contribution in [0.15, 0.2) is 66.7 Å². The van der Waals surface area contributed by atoms with Gasteiger partial charge < -0.3 is 4.74 Å². The second-order valence-electron chi connectivity index (χ2n) is 6.01. The number of ether oxygens (including phenoxy) is 1. The second kappa shape index (κ2) is 9.78.